The number of fused-ring (bicyclic) bond motifs is 3. The number of amides is 1. The predicted octanol–water partition coefficient (Wildman–Crippen LogP) is 3.69. The first kappa shape index (κ1) is 14.9. The number of carbonyl (C=O) groups is 1. The minimum Gasteiger partial charge on any atom is -0.353 e. The van der Waals surface area contributed by atoms with E-state index in [1.54, 1.807) is 24.5 Å². The lowest BCUT2D eigenvalue weighted by atomic mass is 9.94. The molecule has 0 radical (unpaired) electrons. The van der Waals surface area contributed by atoms with Crippen molar-refractivity contribution in [3.05, 3.63) is 64.6 Å². The maximum Gasteiger partial charge on any atom is 0.271 e. The number of hydrogen-bond donors (Lipinski definition) is 2. The number of pyridine rings is 1. The number of H-pyrrole nitrogens is 1. The van der Waals surface area contributed by atoms with Gasteiger partial charge in [0.1, 0.15) is 0 Å². The number of nitrogens with one attached hydrogen (secondary N) is 2. The lowest BCUT2D eigenvalue weighted by Crippen LogP contribution is -2.22. The molecule has 0 atom stereocenters. The molecule has 1 aliphatic rings. The lowest BCUT2D eigenvalue weighted by molar-refractivity contribution is 0.0954. The Morgan fingerprint density at radius 2 is 2.04 bits per heavy atom. The van der Waals surface area contributed by atoms with E-state index in [1.165, 1.54) is 5.56 Å². The summed E-state index contributed by atoms with van der Waals surface area (Å²) >= 11 is 6.12. The summed E-state index contributed by atoms with van der Waals surface area (Å²) in [4.78, 5) is 19.5. The van der Waals surface area contributed by atoms with E-state index in [-0.39, 0.29) is 5.91 Å². The van der Waals surface area contributed by atoms with Crippen LogP contribution in [0, 0.1) is 0 Å². The topological polar surface area (TPSA) is 70.1 Å². The van der Waals surface area contributed by atoms with Gasteiger partial charge in [-0.25, -0.2) is 5.43 Å². The maximum atomic E-state index is 12.1. The normalized spacial score (nSPS) is 15.5. The van der Waals surface area contributed by atoms with E-state index in [9.17, 15) is 4.79 Å². The van der Waals surface area contributed by atoms with E-state index in [0.717, 1.165) is 46.6 Å². The van der Waals surface area contributed by atoms with Crippen molar-refractivity contribution < 1.29 is 4.79 Å². The third kappa shape index (κ3) is 2.67. The van der Waals surface area contributed by atoms with E-state index in [0.29, 0.717) is 5.56 Å². The predicted molar refractivity (Wildman–Crippen MR) is 94.5 cm³/mol. The van der Waals surface area contributed by atoms with Gasteiger partial charge in [0.2, 0.25) is 0 Å². The van der Waals surface area contributed by atoms with Crippen molar-refractivity contribution in [3.8, 4) is 0 Å². The Kier molecular flexibility index (Phi) is 3.78. The molecule has 0 saturated carbocycles. The van der Waals surface area contributed by atoms with E-state index >= 15 is 0 Å². The fourth-order valence-electron chi connectivity index (χ4n) is 3.08. The van der Waals surface area contributed by atoms with Crippen LogP contribution in [-0.2, 0) is 6.42 Å². The summed E-state index contributed by atoms with van der Waals surface area (Å²) in [6.07, 6.45) is 5.97. The van der Waals surface area contributed by atoms with Crippen molar-refractivity contribution in [2.24, 2.45) is 5.10 Å². The van der Waals surface area contributed by atoms with Gasteiger partial charge in [0.25, 0.3) is 5.91 Å². The highest BCUT2D eigenvalue weighted by Gasteiger charge is 2.21. The van der Waals surface area contributed by atoms with Crippen molar-refractivity contribution in [1.29, 1.82) is 0 Å². The molecular weight excluding hydrogens is 324 g/mol. The van der Waals surface area contributed by atoms with Crippen LogP contribution in [0.1, 0.15) is 34.5 Å². The Labute approximate surface area is 143 Å². The quantitative estimate of drug-likeness (QED) is 0.700. The van der Waals surface area contributed by atoms with Gasteiger partial charge >= 0.3 is 0 Å². The third-order valence-electron chi connectivity index (χ3n) is 4.23. The molecule has 120 valence electrons. The summed E-state index contributed by atoms with van der Waals surface area (Å²) in [6.45, 7) is 0. The van der Waals surface area contributed by atoms with E-state index < -0.39 is 0 Å². The second-order valence-corrected chi connectivity index (χ2v) is 6.19. The van der Waals surface area contributed by atoms with Crippen LogP contribution in [0.5, 0.6) is 0 Å². The number of nitrogens with zero attached hydrogens (tertiary/aromatic N) is 2. The molecule has 3 aromatic rings. The zero-order valence-corrected chi connectivity index (χ0v) is 13.6. The minimum atomic E-state index is -0.240. The SMILES string of the molecule is O=C(N/N=C1\CCCc2c1[nH]c1ccc(Cl)cc21)c1ccncc1. The molecule has 4 rings (SSSR count). The molecule has 0 saturated heterocycles. The molecule has 5 nitrogen and oxygen atoms in total. The average molecular weight is 339 g/mol. The second kappa shape index (κ2) is 6.09. The average Bonchev–Trinajstić information content (AvgIpc) is 2.99. The highest BCUT2D eigenvalue weighted by Crippen LogP contribution is 2.31. The number of halogens is 1. The van der Waals surface area contributed by atoms with Gasteiger partial charge in [-0.2, -0.15) is 5.10 Å². The fraction of sp³-hybridized carbons (Fsp3) is 0.167. The van der Waals surface area contributed by atoms with Crippen LogP contribution >= 0.6 is 11.6 Å². The Hall–Kier alpha value is -2.66. The smallest absolute Gasteiger partial charge is 0.271 e. The maximum absolute atomic E-state index is 12.1. The molecule has 1 aliphatic carbocycles. The van der Waals surface area contributed by atoms with Gasteiger partial charge in [-0.05, 0) is 55.2 Å². The van der Waals surface area contributed by atoms with Gasteiger partial charge in [-0.15, -0.1) is 0 Å². The highest BCUT2D eigenvalue weighted by atomic mass is 35.5. The fourth-order valence-corrected chi connectivity index (χ4v) is 3.25. The standard InChI is InChI=1S/C18H15ClN4O/c19-12-4-5-15-14(10-12)13-2-1-3-16(17(13)21-15)22-23-18(24)11-6-8-20-9-7-11/h4-10,21H,1-3H2,(H,23,24)/b22-16+. The van der Waals surface area contributed by atoms with Gasteiger partial charge in [0.05, 0.1) is 11.4 Å². The molecule has 0 bridgehead atoms. The molecular formula is C18H15ClN4O. The van der Waals surface area contributed by atoms with Crippen molar-refractivity contribution in [1.82, 2.24) is 15.4 Å². The number of benzene rings is 1. The molecule has 0 aliphatic heterocycles. The van der Waals surface area contributed by atoms with Gasteiger partial charge in [-0.3, -0.25) is 9.78 Å². The minimum absolute atomic E-state index is 0.240. The van der Waals surface area contributed by atoms with Crippen molar-refractivity contribution in [3.63, 3.8) is 0 Å². The molecule has 0 spiro atoms. The van der Waals surface area contributed by atoms with Crippen molar-refractivity contribution in [2.45, 2.75) is 19.3 Å². The highest BCUT2D eigenvalue weighted by molar-refractivity contribution is 6.31. The first-order valence-corrected chi connectivity index (χ1v) is 8.17. The molecule has 0 unspecified atom stereocenters. The summed E-state index contributed by atoms with van der Waals surface area (Å²) in [6, 6.07) is 9.14. The van der Waals surface area contributed by atoms with E-state index in [2.05, 4.69) is 20.5 Å². The van der Waals surface area contributed by atoms with Crippen LogP contribution in [0.25, 0.3) is 10.9 Å². The van der Waals surface area contributed by atoms with Crippen LogP contribution in [0.2, 0.25) is 5.02 Å². The van der Waals surface area contributed by atoms with Crippen molar-refractivity contribution >= 4 is 34.1 Å². The summed E-state index contributed by atoms with van der Waals surface area (Å²) in [5, 5.41) is 6.20. The molecule has 2 aromatic heterocycles. The summed E-state index contributed by atoms with van der Waals surface area (Å²) in [7, 11) is 0. The number of aryl methyl sites for hydroxylation is 1. The molecule has 1 amide bonds. The zero-order chi connectivity index (χ0) is 16.5. The van der Waals surface area contributed by atoms with Crippen molar-refractivity contribution in [2.75, 3.05) is 0 Å². The van der Waals surface area contributed by atoms with E-state index in [1.807, 2.05) is 18.2 Å². The lowest BCUT2D eigenvalue weighted by Gasteiger charge is -2.14. The van der Waals surface area contributed by atoms with Crippen LogP contribution in [-0.4, -0.2) is 21.6 Å². The largest absolute Gasteiger partial charge is 0.353 e. The summed E-state index contributed by atoms with van der Waals surface area (Å²) in [5.41, 5.74) is 7.30. The first-order valence-electron chi connectivity index (χ1n) is 7.80. The second-order valence-electron chi connectivity index (χ2n) is 5.76. The number of rotatable bonds is 2. The number of aromatic nitrogens is 2. The summed E-state index contributed by atoms with van der Waals surface area (Å²) in [5.74, 6) is -0.240. The zero-order valence-electron chi connectivity index (χ0n) is 12.8. The first-order chi connectivity index (χ1) is 11.7. The monoisotopic (exact) mass is 338 g/mol. The van der Waals surface area contributed by atoms with Crippen LogP contribution in [0.15, 0.2) is 47.8 Å². The number of hydrazone groups is 1. The van der Waals surface area contributed by atoms with E-state index in [4.69, 9.17) is 11.6 Å². The molecule has 0 fully saturated rings. The van der Waals surface area contributed by atoms with Gasteiger partial charge in [-0.1, -0.05) is 11.6 Å². The Balaban J connectivity index is 1.66. The van der Waals surface area contributed by atoms with Crippen LogP contribution in [0.3, 0.4) is 0 Å². The molecule has 24 heavy (non-hydrogen) atoms. The molecule has 2 N–H and O–H groups in total. The third-order valence-corrected chi connectivity index (χ3v) is 4.47. The molecule has 2 heterocycles. The van der Waals surface area contributed by atoms with Gasteiger partial charge in [0, 0.05) is 33.9 Å². The van der Waals surface area contributed by atoms with Crippen LogP contribution in [0.4, 0.5) is 0 Å². The molecule has 6 heteroatoms. The Bertz CT molecular complexity index is 946. The van der Waals surface area contributed by atoms with Crippen LogP contribution < -0.4 is 5.43 Å². The van der Waals surface area contributed by atoms with Gasteiger partial charge in [0.15, 0.2) is 0 Å². The molecule has 1 aromatic carbocycles. The Morgan fingerprint density at radius 3 is 2.88 bits per heavy atom. The van der Waals surface area contributed by atoms with Gasteiger partial charge < -0.3 is 4.98 Å². The summed E-state index contributed by atoms with van der Waals surface area (Å²) < 4.78 is 0. The number of hydrogen-bond acceptors (Lipinski definition) is 3. The number of carbonyl (C=O) groups excluding carboxylic acids is 1. The number of aromatic amines is 1. The Morgan fingerprint density at radius 1 is 1.21 bits per heavy atom.